The van der Waals surface area contributed by atoms with Gasteiger partial charge in [-0.15, -0.1) is 0 Å². The van der Waals surface area contributed by atoms with Crippen molar-refractivity contribution in [3.8, 4) is 23.0 Å². The number of carbonyl (C=O) groups excluding carboxylic acids is 1. The van der Waals surface area contributed by atoms with Gasteiger partial charge in [-0.05, 0) is 86.1 Å². The molecule has 272 valence electrons. The maximum atomic E-state index is 17.1. The Kier molecular flexibility index (Phi) is 8.20. The van der Waals surface area contributed by atoms with Crippen molar-refractivity contribution < 1.29 is 47.9 Å². The number of hydrogen-bond donors (Lipinski definition) is 5. The molecule has 52 heavy (non-hydrogen) atoms. The molecule has 6 bridgehead atoms. The molecule has 17 heteroatoms. The Morgan fingerprint density at radius 3 is 2.62 bits per heavy atom. The standard InChI is InChI=1S/C35H36BF3N6O7/c36-35(49,50)33-15-34(39,48)17-44(16-33)29-23-14-40-27(26(38)28(23)41-30(42-29)52-18-32-7-2-9-45(32)10-3-8-32)22-13-20(46)12-19-5-6-24(37)21(25(19)22)4-1-11-51-31(47)43-33/h5-6,12-14,46,48-50H,1-4,7-11,15-18H2,(H,43,47). The van der Waals surface area contributed by atoms with E-state index in [-0.39, 0.29) is 82.3 Å². The molecule has 3 fully saturated rings. The Bertz CT molecular complexity index is 2090. The molecule has 3 saturated heterocycles. The minimum absolute atomic E-state index is 0.0174. The van der Waals surface area contributed by atoms with Gasteiger partial charge in [0.05, 0.1) is 24.1 Å². The van der Waals surface area contributed by atoms with Crippen LogP contribution in [0.25, 0.3) is 32.9 Å². The Balaban J connectivity index is 1.36. The molecule has 5 aliphatic rings. The number of pyridine rings is 1. The molecule has 4 aromatic rings. The smallest absolute Gasteiger partial charge is 0.407 e. The minimum Gasteiger partial charge on any atom is -0.508 e. The van der Waals surface area contributed by atoms with Crippen LogP contribution < -0.4 is 15.0 Å². The summed E-state index contributed by atoms with van der Waals surface area (Å²) in [5.74, 6) is -5.30. The number of carbonyl (C=O) groups is 1. The number of fused-ring (bicyclic) bond motifs is 7. The molecule has 0 saturated carbocycles. The van der Waals surface area contributed by atoms with E-state index in [9.17, 15) is 25.2 Å². The van der Waals surface area contributed by atoms with E-state index < -0.39 is 54.3 Å². The van der Waals surface area contributed by atoms with Gasteiger partial charge in [0.1, 0.15) is 46.4 Å². The number of hydrogen-bond acceptors (Lipinski definition) is 12. The highest BCUT2D eigenvalue weighted by Crippen LogP contribution is 2.43. The first-order valence-electron chi connectivity index (χ1n) is 17.2. The summed E-state index contributed by atoms with van der Waals surface area (Å²) in [4.78, 5) is 29.9. The molecule has 13 nitrogen and oxygen atoms in total. The third kappa shape index (κ3) is 5.83. The van der Waals surface area contributed by atoms with Crippen LogP contribution in [0.4, 0.5) is 23.8 Å². The van der Waals surface area contributed by atoms with Crippen molar-refractivity contribution in [3.63, 3.8) is 0 Å². The van der Waals surface area contributed by atoms with Crippen LogP contribution in [-0.2, 0) is 11.2 Å². The van der Waals surface area contributed by atoms with Gasteiger partial charge in [-0.3, -0.25) is 9.88 Å². The number of aromatic nitrogens is 3. The van der Waals surface area contributed by atoms with E-state index in [1.54, 1.807) is 0 Å². The van der Waals surface area contributed by atoms with Crippen LogP contribution in [0.3, 0.4) is 0 Å². The molecule has 0 aliphatic carbocycles. The van der Waals surface area contributed by atoms with E-state index in [0.29, 0.717) is 5.39 Å². The van der Waals surface area contributed by atoms with Crippen molar-refractivity contribution in [1.82, 2.24) is 25.2 Å². The zero-order chi connectivity index (χ0) is 36.6. The number of nitrogens with zero attached hydrogens (tertiary/aromatic N) is 5. The Hall–Kier alpha value is -4.45. The summed E-state index contributed by atoms with van der Waals surface area (Å²) in [6.07, 6.45) is 2.61. The maximum Gasteiger partial charge on any atom is 0.407 e. The van der Waals surface area contributed by atoms with Gasteiger partial charge < -0.3 is 40.1 Å². The molecule has 1 amide bonds. The fourth-order valence-corrected chi connectivity index (χ4v) is 8.57. The summed E-state index contributed by atoms with van der Waals surface area (Å²) < 4.78 is 60.1. The molecular formula is C35H36BF3N6O7. The van der Waals surface area contributed by atoms with Crippen molar-refractivity contribution >= 4 is 41.4 Å². The first kappa shape index (κ1) is 34.6. The van der Waals surface area contributed by atoms with Crippen LogP contribution in [0.15, 0.2) is 30.5 Å². The van der Waals surface area contributed by atoms with Crippen molar-refractivity contribution in [2.75, 3.05) is 44.3 Å². The molecule has 2 atom stereocenters. The summed E-state index contributed by atoms with van der Waals surface area (Å²) in [5.41, 5.74) is -6.54. The molecule has 9 rings (SSSR count). The number of benzene rings is 2. The second-order valence-corrected chi connectivity index (χ2v) is 14.5. The van der Waals surface area contributed by atoms with E-state index in [1.165, 1.54) is 30.5 Å². The first-order chi connectivity index (χ1) is 24.7. The highest BCUT2D eigenvalue weighted by molar-refractivity contribution is 6.14. The van der Waals surface area contributed by atoms with Crippen molar-refractivity contribution in [3.05, 3.63) is 47.7 Å². The first-order valence-corrected chi connectivity index (χ1v) is 17.2. The molecule has 0 spiro atoms. The average molecular weight is 721 g/mol. The molecule has 5 N–H and O–H groups in total. The van der Waals surface area contributed by atoms with Gasteiger partial charge in [-0.25, -0.2) is 18.0 Å². The van der Waals surface area contributed by atoms with Gasteiger partial charge in [0.15, 0.2) is 13.7 Å². The van der Waals surface area contributed by atoms with Gasteiger partial charge in [0.2, 0.25) is 5.85 Å². The van der Waals surface area contributed by atoms with Crippen molar-refractivity contribution in [1.29, 1.82) is 0 Å². The highest BCUT2D eigenvalue weighted by Gasteiger charge is 2.57. The number of piperidine rings is 1. The Labute approximate surface area is 296 Å². The summed E-state index contributed by atoms with van der Waals surface area (Å²) >= 11 is 0. The van der Waals surface area contributed by atoms with Crippen LogP contribution >= 0.6 is 0 Å². The lowest BCUT2D eigenvalue weighted by Crippen LogP contribution is -2.75. The fraction of sp³-hybridized carbons (Fsp3) is 0.486. The summed E-state index contributed by atoms with van der Waals surface area (Å²) in [6, 6.07) is 5.02. The molecule has 2 radical (unpaired) electrons. The van der Waals surface area contributed by atoms with Crippen LogP contribution in [0.2, 0.25) is 0 Å². The number of phenols is 1. The molecular weight excluding hydrogens is 684 g/mol. The number of anilines is 1. The number of ether oxygens (including phenoxy) is 2. The number of rotatable bonds is 4. The van der Waals surface area contributed by atoms with Crippen LogP contribution in [-0.4, -0.2) is 116 Å². The predicted octanol–water partition coefficient (Wildman–Crippen LogP) is 2.92. The number of aromatic hydroxyl groups is 1. The number of phenolic OH excluding ortho intramolecular Hbond substituents is 1. The Morgan fingerprint density at radius 1 is 1.10 bits per heavy atom. The van der Waals surface area contributed by atoms with Gasteiger partial charge in [-0.1, -0.05) is 6.07 Å². The molecule has 7 heterocycles. The van der Waals surface area contributed by atoms with E-state index >= 15 is 13.2 Å². The second kappa shape index (κ2) is 12.3. The number of alkyl halides is 1. The van der Waals surface area contributed by atoms with Crippen LogP contribution in [0.1, 0.15) is 44.1 Å². The lowest BCUT2D eigenvalue weighted by molar-refractivity contribution is -0.197. The zero-order valence-electron chi connectivity index (χ0n) is 28.0. The van der Waals surface area contributed by atoms with Crippen LogP contribution in [0.5, 0.6) is 11.8 Å². The predicted molar refractivity (Wildman–Crippen MR) is 181 cm³/mol. The topological polar surface area (TPSA) is 174 Å². The number of aryl methyl sites for hydroxylation is 1. The van der Waals surface area contributed by atoms with E-state index in [4.69, 9.17) is 17.3 Å². The maximum absolute atomic E-state index is 17.1. The monoisotopic (exact) mass is 720 g/mol. The third-order valence-corrected chi connectivity index (χ3v) is 10.9. The number of amides is 1. The number of aliphatic hydroxyl groups is 3. The van der Waals surface area contributed by atoms with Crippen LogP contribution in [0, 0.1) is 11.6 Å². The van der Waals surface area contributed by atoms with E-state index in [0.717, 1.165) is 43.7 Å². The van der Waals surface area contributed by atoms with Crippen molar-refractivity contribution in [2.24, 2.45) is 0 Å². The lowest BCUT2D eigenvalue weighted by Gasteiger charge is -2.51. The second-order valence-electron chi connectivity index (χ2n) is 14.5. The SMILES string of the molecule is [B]C(O)(O)C12CN(CC(O)(F)C1)c1nc(OCC34CCCN3CCC4)nc3c(F)c(ncc13)-c1cc(O)cc3ccc(F)c(c13)CCCOC(=O)N2. The highest BCUT2D eigenvalue weighted by atomic mass is 19.2. The van der Waals surface area contributed by atoms with Gasteiger partial charge in [-0.2, -0.15) is 9.97 Å². The quantitative estimate of drug-likeness (QED) is 0.154. The van der Waals surface area contributed by atoms with E-state index in [1.807, 2.05) is 0 Å². The lowest BCUT2D eigenvalue weighted by atomic mass is 9.70. The molecule has 2 aromatic carbocycles. The molecule has 2 unspecified atom stereocenters. The third-order valence-electron chi connectivity index (χ3n) is 10.9. The fourth-order valence-electron chi connectivity index (χ4n) is 8.57. The normalized spacial score (nSPS) is 25.0. The van der Waals surface area contributed by atoms with Gasteiger partial charge in [0, 0.05) is 24.7 Å². The average Bonchev–Trinajstić information content (AvgIpc) is 3.65. The Morgan fingerprint density at radius 2 is 1.87 bits per heavy atom. The zero-order valence-corrected chi connectivity index (χ0v) is 28.0. The minimum atomic E-state index is -3.33. The summed E-state index contributed by atoms with van der Waals surface area (Å²) in [7, 11) is 5.75. The largest absolute Gasteiger partial charge is 0.508 e. The van der Waals surface area contributed by atoms with Gasteiger partial charge in [0.25, 0.3) is 0 Å². The number of nitrogens with one attached hydrogen (secondary N) is 1. The van der Waals surface area contributed by atoms with Crippen molar-refractivity contribution in [2.45, 2.75) is 67.6 Å². The van der Waals surface area contributed by atoms with Gasteiger partial charge >= 0.3 is 12.1 Å². The summed E-state index contributed by atoms with van der Waals surface area (Å²) in [5, 5.41) is 46.0. The number of halogens is 3. The molecule has 5 aliphatic heterocycles. The number of alkyl carbamates (subject to hydrolysis) is 1. The van der Waals surface area contributed by atoms with E-state index in [2.05, 4.69) is 25.2 Å². The molecule has 2 aromatic heterocycles. The summed E-state index contributed by atoms with van der Waals surface area (Å²) in [6.45, 7) is 0.180.